The molecule has 4 aliphatic rings. The molecule has 4 aliphatic heterocycles. The van der Waals surface area contributed by atoms with Crippen molar-refractivity contribution in [2.24, 2.45) is 31.1 Å². The van der Waals surface area contributed by atoms with E-state index in [2.05, 4.69) is 99.7 Å². The number of nitrogens with zero attached hydrogens (tertiary/aromatic N) is 14. The Morgan fingerprint density at radius 1 is 0.658 bits per heavy atom. The summed E-state index contributed by atoms with van der Waals surface area (Å²) < 4.78 is 19.7. The van der Waals surface area contributed by atoms with E-state index in [0.717, 1.165) is 104 Å². The minimum absolute atomic E-state index is 0.401. The molecule has 2 aromatic carbocycles. The molecule has 0 spiro atoms. The lowest BCUT2D eigenvalue weighted by atomic mass is 9.92. The van der Waals surface area contributed by atoms with E-state index in [4.69, 9.17) is 52.6 Å². The third-order valence-electron chi connectivity index (χ3n) is 16.8. The van der Waals surface area contributed by atoms with Crippen molar-refractivity contribution in [3.63, 3.8) is 0 Å². The molecular formula is C58H74Cl2N14O3Si2. The monoisotopic (exact) mass is 1140 g/mol. The number of hydrogen-bond donors (Lipinski definition) is 1. The quantitative estimate of drug-likeness (QED) is 0.0338. The predicted molar refractivity (Wildman–Crippen MR) is 322 cm³/mol. The summed E-state index contributed by atoms with van der Waals surface area (Å²) in [7, 11) is 1.16. The number of aryl methyl sites for hydroxylation is 2. The Morgan fingerprint density at radius 3 is 1.52 bits per heavy atom. The molecule has 10 heterocycles. The molecule has 0 radical (unpaired) electrons. The normalized spacial score (nSPS) is 21.4. The lowest BCUT2D eigenvalue weighted by Crippen LogP contribution is -2.43. The molecule has 416 valence electrons. The molecule has 79 heavy (non-hydrogen) atoms. The largest absolute Gasteiger partial charge is 0.411 e. The van der Waals surface area contributed by atoms with Crippen LogP contribution in [0.15, 0.2) is 54.2 Å². The van der Waals surface area contributed by atoms with Crippen LogP contribution in [-0.4, -0.2) is 114 Å². The molecule has 17 nitrogen and oxygen atoms in total. The number of benzene rings is 2. The fourth-order valence-corrected chi connectivity index (χ4v) is 15.1. The molecule has 4 bridgehead atoms. The van der Waals surface area contributed by atoms with Gasteiger partial charge in [0.05, 0.1) is 50.8 Å². The zero-order valence-electron chi connectivity index (χ0n) is 47.3. The van der Waals surface area contributed by atoms with Gasteiger partial charge in [0.2, 0.25) is 0 Å². The average Bonchev–Trinajstić information content (AvgIpc) is 4.44. The first-order chi connectivity index (χ1) is 37.8. The molecular weight excluding hydrogens is 1070 g/mol. The number of ether oxygens (including phenoxy) is 2. The summed E-state index contributed by atoms with van der Waals surface area (Å²) in [5.41, 5.74) is 9.10. The van der Waals surface area contributed by atoms with Gasteiger partial charge < -0.3 is 33.6 Å². The van der Waals surface area contributed by atoms with Crippen LogP contribution in [0, 0.1) is 23.2 Å². The van der Waals surface area contributed by atoms with Crippen LogP contribution in [0.25, 0.3) is 66.4 Å². The van der Waals surface area contributed by atoms with Crippen molar-refractivity contribution in [1.29, 1.82) is 5.26 Å². The van der Waals surface area contributed by atoms with Crippen molar-refractivity contribution < 1.29 is 14.7 Å². The van der Waals surface area contributed by atoms with Crippen LogP contribution in [0.2, 0.25) is 61.4 Å². The second-order valence-electron chi connectivity index (χ2n) is 25.2. The summed E-state index contributed by atoms with van der Waals surface area (Å²) in [6, 6.07) is 14.4. The van der Waals surface area contributed by atoms with Crippen LogP contribution >= 0.6 is 23.2 Å². The van der Waals surface area contributed by atoms with Crippen molar-refractivity contribution >= 4 is 101 Å². The second kappa shape index (κ2) is 21.9. The summed E-state index contributed by atoms with van der Waals surface area (Å²) in [5.74, 6) is 3.42. The SMILES string of the molecule is CC1C[C@H]2CC[C@@H](C1)N2c1cnc2c(-c3ccc4nn(C)c(/C=N/O)c4c3Cl)cn(COCC[Si](C)(C)C)c2n1.CC1C[C@H]2CC[C@@H](C1)N2c1cnc2c(-c3ccc4nn(C)c(C#N)c4c3Cl)cn(COCC[Si](C)(C)C)c2n1. The van der Waals surface area contributed by atoms with Gasteiger partial charge in [-0.3, -0.25) is 9.36 Å². The van der Waals surface area contributed by atoms with Crippen LogP contribution < -0.4 is 9.80 Å². The molecule has 2 unspecified atom stereocenters. The zero-order valence-corrected chi connectivity index (χ0v) is 50.9. The number of rotatable bonds is 15. The molecule has 12 rings (SSSR count). The van der Waals surface area contributed by atoms with Gasteiger partial charge in [0, 0.05) is 108 Å². The van der Waals surface area contributed by atoms with Crippen molar-refractivity contribution in [3.05, 3.63) is 70.5 Å². The maximum absolute atomic E-state index is 9.75. The molecule has 0 saturated carbocycles. The minimum atomic E-state index is -1.21. The van der Waals surface area contributed by atoms with E-state index in [1.54, 1.807) is 23.5 Å². The standard InChI is InChI=1S/C29H38ClN7O2Si.C29H36ClN7OSi/c1-18-12-19-6-7-20(13-18)37(19)25-15-31-28-22(16-36(29(28)33-25)17-39-10-11-40(3,4)5)21-8-9-23-26(27(21)30)24(14-32-38)35(2)34-23;1-18-12-19-6-7-20(13-18)37(19)25-15-32-28-22(16-36(29(28)33-25)17-38-10-11-39(3,4)5)21-8-9-23-26(27(21)30)24(14-31)35(2)34-23/h8-9,14-16,18-20,38H,6-7,10-13,17H2,1-5H3;8-9,15-16,18-20H,6-7,10-13,17H2,1-5H3/b32-14+;/t2*18?,19-,20+. The van der Waals surface area contributed by atoms with Gasteiger partial charge in [-0.2, -0.15) is 15.5 Å². The van der Waals surface area contributed by atoms with E-state index in [9.17, 15) is 10.5 Å². The Hall–Kier alpha value is -5.89. The average molecular weight is 1140 g/mol. The molecule has 8 aromatic rings. The first kappa shape index (κ1) is 55.0. The Bertz CT molecular complexity index is 3630. The Labute approximate surface area is 474 Å². The number of anilines is 2. The smallest absolute Gasteiger partial charge is 0.163 e. The van der Waals surface area contributed by atoms with Gasteiger partial charge in [-0.25, -0.2) is 19.9 Å². The minimum Gasteiger partial charge on any atom is -0.411 e. The molecule has 6 aromatic heterocycles. The van der Waals surface area contributed by atoms with Crippen molar-refractivity contribution in [2.45, 2.75) is 154 Å². The predicted octanol–water partition coefficient (Wildman–Crippen LogP) is 13.1. The number of halogens is 2. The van der Waals surface area contributed by atoms with Gasteiger partial charge in [0.1, 0.15) is 47.9 Å². The zero-order chi connectivity index (χ0) is 55.7. The highest BCUT2D eigenvalue weighted by molar-refractivity contribution is 6.76. The summed E-state index contributed by atoms with van der Waals surface area (Å²) >= 11 is 14.0. The molecule has 4 fully saturated rings. The highest BCUT2D eigenvalue weighted by Gasteiger charge is 2.42. The molecule has 4 saturated heterocycles. The maximum Gasteiger partial charge on any atom is 0.163 e. The van der Waals surface area contributed by atoms with Gasteiger partial charge in [-0.1, -0.05) is 93.6 Å². The molecule has 0 aliphatic carbocycles. The molecule has 0 amide bonds. The Kier molecular flexibility index (Phi) is 15.2. The summed E-state index contributed by atoms with van der Waals surface area (Å²) in [6.07, 6.45) is 19.1. The first-order valence-corrected chi connectivity index (χ1v) is 36.3. The van der Waals surface area contributed by atoms with E-state index in [1.165, 1.54) is 57.6 Å². The lowest BCUT2D eigenvalue weighted by molar-refractivity contribution is 0.0898. The second-order valence-corrected chi connectivity index (χ2v) is 37.2. The highest BCUT2D eigenvalue weighted by atomic mass is 35.5. The molecule has 21 heteroatoms. The molecule has 1 N–H and O–H groups in total. The third kappa shape index (κ3) is 10.8. The molecule has 6 atom stereocenters. The van der Waals surface area contributed by atoms with E-state index < -0.39 is 16.1 Å². The van der Waals surface area contributed by atoms with Crippen molar-refractivity contribution in [2.75, 3.05) is 23.0 Å². The summed E-state index contributed by atoms with van der Waals surface area (Å²) in [6.45, 7) is 21.1. The van der Waals surface area contributed by atoms with Gasteiger partial charge in [0.25, 0.3) is 0 Å². The van der Waals surface area contributed by atoms with E-state index in [-0.39, 0.29) is 0 Å². The van der Waals surface area contributed by atoms with Gasteiger partial charge in [-0.05, 0) is 87.4 Å². The van der Waals surface area contributed by atoms with E-state index in [0.29, 0.717) is 70.0 Å². The van der Waals surface area contributed by atoms with Gasteiger partial charge in [-0.15, -0.1) is 0 Å². The number of oxime groups is 1. The summed E-state index contributed by atoms with van der Waals surface area (Å²) in [4.78, 5) is 25.5. The van der Waals surface area contributed by atoms with Gasteiger partial charge >= 0.3 is 0 Å². The van der Waals surface area contributed by atoms with Crippen molar-refractivity contribution in [1.82, 2.24) is 48.6 Å². The third-order valence-corrected chi connectivity index (χ3v) is 21.0. The van der Waals surface area contributed by atoms with Crippen LogP contribution in [0.5, 0.6) is 0 Å². The Morgan fingerprint density at radius 2 is 1.09 bits per heavy atom. The number of piperidine rings is 2. The number of aromatic nitrogens is 10. The van der Waals surface area contributed by atoms with E-state index in [1.807, 2.05) is 42.9 Å². The first-order valence-electron chi connectivity index (χ1n) is 28.1. The maximum atomic E-state index is 9.75. The summed E-state index contributed by atoms with van der Waals surface area (Å²) in [5, 5.41) is 33.6. The lowest BCUT2D eigenvalue weighted by Gasteiger charge is -2.38. The number of hydrogen-bond acceptors (Lipinski definition) is 13. The van der Waals surface area contributed by atoms with Crippen LogP contribution in [0.1, 0.15) is 76.6 Å². The number of nitriles is 1. The van der Waals surface area contributed by atoms with E-state index >= 15 is 0 Å². The number of fused-ring (bicyclic) bond motifs is 8. The topological polar surface area (TPSA) is 178 Å². The van der Waals surface area contributed by atoms with Crippen LogP contribution in [0.3, 0.4) is 0 Å². The van der Waals surface area contributed by atoms with Gasteiger partial charge in [0.15, 0.2) is 11.3 Å². The van der Waals surface area contributed by atoms with Crippen LogP contribution in [-0.2, 0) is 37.0 Å². The fourth-order valence-electron chi connectivity index (χ4n) is 12.9. The van der Waals surface area contributed by atoms with Crippen LogP contribution in [0.4, 0.5) is 11.6 Å². The van der Waals surface area contributed by atoms with Crippen molar-refractivity contribution in [3.8, 4) is 28.3 Å². The Balaban J connectivity index is 0.000000167. The highest BCUT2D eigenvalue weighted by Crippen LogP contribution is 2.45. The fraction of sp³-hybridized carbons (Fsp3) is 0.517.